The minimum absolute atomic E-state index is 0.384. The number of hydrogen-bond donors (Lipinski definition) is 0. The van der Waals surface area contributed by atoms with Crippen LogP contribution >= 0.6 is 15.9 Å². The second-order valence-electron chi connectivity index (χ2n) is 6.55. The zero-order valence-corrected chi connectivity index (χ0v) is 13.6. The second-order valence-corrected chi connectivity index (χ2v) is 7.46. The van der Waals surface area contributed by atoms with Gasteiger partial charge in [-0.2, -0.15) is 0 Å². The fourth-order valence-electron chi connectivity index (χ4n) is 4.53. The normalized spacial score (nSPS) is 34.7. The van der Waals surface area contributed by atoms with Crippen LogP contribution in [-0.4, -0.2) is 23.4 Å². The number of carbonyl (C=O) groups excluding carboxylic acids is 1. The van der Waals surface area contributed by atoms with Gasteiger partial charge < -0.3 is 4.90 Å². The van der Waals surface area contributed by atoms with E-state index in [2.05, 4.69) is 57.2 Å². The standard InChI is InChI=1S/C18H20BrNO/c19-14-7-4-12(5-8-14)15-9-6-13-2-1-3-17(21)20-11-10-16(15)18(13)20/h4-9,13,15-16,18H,1-3,10-11H2/t13-,15-,16-,18-/m1/s1. The van der Waals surface area contributed by atoms with Crippen LogP contribution in [0.3, 0.4) is 0 Å². The number of allylic oxidation sites excluding steroid dienone is 1. The van der Waals surface area contributed by atoms with Crippen molar-refractivity contribution in [2.45, 2.75) is 37.6 Å². The molecule has 0 radical (unpaired) electrons. The highest BCUT2D eigenvalue weighted by molar-refractivity contribution is 9.10. The van der Waals surface area contributed by atoms with Crippen molar-refractivity contribution in [2.24, 2.45) is 11.8 Å². The predicted octanol–water partition coefficient (Wildman–Crippen LogP) is 4.12. The predicted molar refractivity (Wildman–Crippen MR) is 87.0 cm³/mol. The molecule has 1 amide bonds. The molecule has 0 aromatic heterocycles. The number of nitrogens with zero attached hydrogens (tertiary/aromatic N) is 1. The number of benzene rings is 1. The molecule has 2 heterocycles. The topological polar surface area (TPSA) is 20.3 Å². The van der Waals surface area contributed by atoms with Gasteiger partial charge in [0.05, 0.1) is 0 Å². The minimum atomic E-state index is 0.384. The van der Waals surface area contributed by atoms with Crippen LogP contribution in [0.15, 0.2) is 40.9 Å². The van der Waals surface area contributed by atoms with Gasteiger partial charge in [-0.05, 0) is 48.8 Å². The molecule has 0 N–H and O–H groups in total. The number of hydrogen-bond acceptors (Lipinski definition) is 1. The molecule has 1 aromatic rings. The summed E-state index contributed by atoms with van der Waals surface area (Å²) in [4.78, 5) is 14.5. The van der Waals surface area contributed by atoms with Crippen LogP contribution in [0.25, 0.3) is 0 Å². The molecule has 4 rings (SSSR count). The number of halogens is 1. The molecule has 2 fully saturated rings. The third-order valence-electron chi connectivity index (χ3n) is 5.47. The van der Waals surface area contributed by atoms with E-state index in [0.717, 1.165) is 30.3 Å². The Hall–Kier alpha value is -1.09. The lowest BCUT2D eigenvalue weighted by Crippen LogP contribution is -2.43. The van der Waals surface area contributed by atoms with E-state index in [0.29, 0.717) is 29.7 Å². The maximum Gasteiger partial charge on any atom is 0.222 e. The van der Waals surface area contributed by atoms with Crippen molar-refractivity contribution < 1.29 is 4.79 Å². The van der Waals surface area contributed by atoms with Crippen LogP contribution in [0.2, 0.25) is 0 Å². The van der Waals surface area contributed by atoms with Crippen LogP contribution in [0.1, 0.15) is 37.2 Å². The molecule has 1 aliphatic carbocycles. The fraction of sp³-hybridized carbons (Fsp3) is 0.500. The first-order chi connectivity index (χ1) is 10.2. The van der Waals surface area contributed by atoms with E-state index in [-0.39, 0.29) is 0 Å². The summed E-state index contributed by atoms with van der Waals surface area (Å²) in [6.07, 6.45) is 8.93. The molecule has 2 aliphatic heterocycles. The van der Waals surface area contributed by atoms with Crippen LogP contribution < -0.4 is 0 Å². The third-order valence-corrected chi connectivity index (χ3v) is 6.00. The van der Waals surface area contributed by atoms with E-state index in [1.165, 1.54) is 12.0 Å². The summed E-state index contributed by atoms with van der Waals surface area (Å²) in [5, 5.41) is 0. The van der Waals surface area contributed by atoms with Gasteiger partial charge in [0.1, 0.15) is 0 Å². The van der Waals surface area contributed by atoms with E-state index in [1.807, 2.05) is 0 Å². The second kappa shape index (κ2) is 5.28. The molecule has 3 heteroatoms. The Bertz CT molecular complexity index is 579. The number of rotatable bonds is 1. The molecule has 21 heavy (non-hydrogen) atoms. The van der Waals surface area contributed by atoms with Crippen molar-refractivity contribution in [2.75, 3.05) is 6.54 Å². The lowest BCUT2D eigenvalue weighted by Gasteiger charge is -2.38. The summed E-state index contributed by atoms with van der Waals surface area (Å²) in [7, 11) is 0. The molecule has 110 valence electrons. The summed E-state index contributed by atoms with van der Waals surface area (Å²) < 4.78 is 1.13. The van der Waals surface area contributed by atoms with Crippen molar-refractivity contribution in [3.05, 3.63) is 46.5 Å². The first-order valence-corrected chi connectivity index (χ1v) is 8.76. The smallest absolute Gasteiger partial charge is 0.222 e. The largest absolute Gasteiger partial charge is 0.339 e. The Balaban J connectivity index is 1.70. The van der Waals surface area contributed by atoms with Crippen LogP contribution in [0.5, 0.6) is 0 Å². The van der Waals surface area contributed by atoms with Crippen molar-refractivity contribution in [3.8, 4) is 0 Å². The highest BCUT2D eigenvalue weighted by Crippen LogP contribution is 2.47. The van der Waals surface area contributed by atoms with Gasteiger partial charge in [0.15, 0.2) is 0 Å². The van der Waals surface area contributed by atoms with Gasteiger partial charge >= 0.3 is 0 Å². The zero-order valence-electron chi connectivity index (χ0n) is 12.0. The average molecular weight is 346 g/mol. The van der Waals surface area contributed by atoms with E-state index in [9.17, 15) is 4.79 Å². The summed E-state index contributed by atoms with van der Waals surface area (Å²) >= 11 is 3.51. The van der Waals surface area contributed by atoms with Gasteiger partial charge in [0.2, 0.25) is 5.91 Å². The van der Waals surface area contributed by atoms with E-state index >= 15 is 0 Å². The first kappa shape index (κ1) is 13.6. The molecule has 2 nitrogen and oxygen atoms in total. The van der Waals surface area contributed by atoms with Gasteiger partial charge in [0.25, 0.3) is 0 Å². The molecule has 0 saturated carbocycles. The summed E-state index contributed by atoms with van der Waals surface area (Å²) in [5.74, 6) is 2.03. The van der Waals surface area contributed by atoms with Crippen LogP contribution in [-0.2, 0) is 4.79 Å². The summed E-state index contributed by atoms with van der Waals surface area (Å²) in [5.41, 5.74) is 1.39. The Morgan fingerprint density at radius 2 is 1.90 bits per heavy atom. The molecule has 4 atom stereocenters. The minimum Gasteiger partial charge on any atom is -0.339 e. The summed E-state index contributed by atoms with van der Waals surface area (Å²) in [6.45, 7) is 0.958. The molecule has 0 unspecified atom stereocenters. The zero-order chi connectivity index (χ0) is 14.4. The molecule has 3 aliphatic rings. The van der Waals surface area contributed by atoms with Gasteiger partial charge in [-0.25, -0.2) is 0 Å². The summed E-state index contributed by atoms with van der Waals surface area (Å²) in [6, 6.07) is 9.14. The fourth-order valence-corrected chi connectivity index (χ4v) is 4.80. The Kier molecular flexibility index (Phi) is 3.41. The van der Waals surface area contributed by atoms with Crippen LogP contribution in [0.4, 0.5) is 0 Å². The third kappa shape index (κ3) is 2.26. The van der Waals surface area contributed by atoms with E-state index in [4.69, 9.17) is 0 Å². The van der Waals surface area contributed by atoms with Gasteiger partial charge in [0, 0.05) is 29.4 Å². The SMILES string of the molecule is O=C1CCC[C@@H]2C=C[C@H](c3ccc(Br)cc3)[C@H]3CCN1[C@@H]32. The number of amides is 1. The maximum atomic E-state index is 12.3. The van der Waals surface area contributed by atoms with Crippen molar-refractivity contribution >= 4 is 21.8 Å². The molecular weight excluding hydrogens is 326 g/mol. The Morgan fingerprint density at radius 1 is 1.10 bits per heavy atom. The monoisotopic (exact) mass is 345 g/mol. The highest BCUT2D eigenvalue weighted by Gasteiger charge is 2.46. The lowest BCUT2D eigenvalue weighted by atomic mass is 9.72. The Labute approximate surface area is 134 Å². The highest BCUT2D eigenvalue weighted by atomic mass is 79.9. The van der Waals surface area contributed by atoms with Gasteiger partial charge in [-0.3, -0.25) is 4.79 Å². The van der Waals surface area contributed by atoms with Gasteiger partial charge in [-0.1, -0.05) is 40.2 Å². The molecule has 2 saturated heterocycles. The quantitative estimate of drug-likeness (QED) is 0.701. The molecule has 1 aromatic carbocycles. The van der Waals surface area contributed by atoms with Crippen molar-refractivity contribution in [1.82, 2.24) is 4.90 Å². The van der Waals surface area contributed by atoms with E-state index < -0.39 is 0 Å². The van der Waals surface area contributed by atoms with Crippen LogP contribution in [0, 0.1) is 11.8 Å². The number of carbonyl (C=O) groups is 1. The molecule has 0 bridgehead atoms. The first-order valence-electron chi connectivity index (χ1n) is 7.97. The Morgan fingerprint density at radius 3 is 2.71 bits per heavy atom. The van der Waals surface area contributed by atoms with E-state index in [1.54, 1.807) is 0 Å². The molecule has 0 spiro atoms. The van der Waals surface area contributed by atoms with Crippen molar-refractivity contribution in [3.63, 3.8) is 0 Å². The average Bonchev–Trinajstić information content (AvgIpc) is 2.86. The van der Waals surface area contributed by atoms with Crippen molar-refractivity contribution in [1.29, 1.82) is 0 Å². The maximum absolute atomic E-state index is 12.3. The van der Waals surface area contributed by atoms with Gasteiger partial charge in [-0.15, -0.1) is 0 Å². The lowest BCUT2D eigenvalue weighted by molar-refractivity contribution is -0.132. The molecular formula is C18H20BrNO.